The molecule has 0 saturated heterocycles. The quantitative estimate of drug-likeness (QED) is 0.867. The Kier molecular flexibility index (Phi) is 5.95. The van der Waals surface area contributed by atoms with Crippen molar-refractivity contribution in [3.8, 4) is 0 Å². The first-order valence-corrected chi connectivity index (χ1v) is 7.06. The van der Waals surface area contributed by atoms with Gasteiger partial charge < -0.3 is 10.6 Å². The minimum absolute atomic E-state index is 0.0542. The Balaban J connectivity index is 2.69. The second kappa shape index (κ2) is 7.01. The van der Waals surface area contributed by atoms with Crippen LogP contribution in [-0.4, -0.2) is 18.5 Å². The summed E-state index contributed by atoms with van der Waals surface area (Å²) >= 11 is 12.2. The van der Waals surface area contributed by atoms with Crippen LogP contribution in [0.25, 0.3) is 0 Å². The summed E-state index contributed by atoms with van der Waals surface area (Å²) in [7, 11) is 0. The number of amides is 1. The van der Waals surface area contributed by atoms with Crippen molar-refractivity contribution < 1.29 is 4.79 Å². The Morgan fingerprint density at radius 3 is 2.42 bits per heavy atom. The topological polar surface area (TPSA) is 41.1 Å². The normalized spacial score (nSPS) is 12.4. The Hall–Kier alpha value is -0.930. The average Bonchev–Trinajstić information content (AvgIpc) is 2.32. The van der Waals surface area contributed by atoms with Gasteiger partial charge in [0.05, 0.1) is 10.7 Å². The Morgan fingerprint density at radius 1 is 1.21 bits per heavy atom. The fraction of sp³-hybridized carbons (Fsp3) is 0.500. The van der Waals surface area contributed by atoms with E-state index in [-0.39, 0.29) is 11.9 Å². The van der Waals surface area contributed by atoms with E-state index in [9.17, 15) is 4.79 Å². The Bertz CT molecular complexity index is 461. The van der Waals surface area contributed by atoms with E-state index in [4.69, 9.17) is 23.2 Å². The molecular weight excluding hydrogens is 283 g/mol. The second-order valence-electron chi connectivity index (χ2n) is 5.09. The maximum Gasteiger partial charge on any atom is 0.242 e. The summed E-state index contributed by atoms with van der Waals surface area (Å²) in [5.74, 6) is 0.370. The number of halogens is 2. The van der Waals surface area contributed by atoms with Gasteiger partial charge >= 0.3 is 0 Å². The highest BCUT2D eigenvalue weighted by molar-refractivity contribution is 6.35. The molecule has 1 rings (SSSR count). The van der Waals surface area contributed by atoms with Gasteiger partial charge in [0.1, 0.15) is 6.04 Å². The smallest absolute Gasteiger partial charge is 0.242 e. The van der Waals surface area contributed by atoms with E-state index in [1.54, 1.807) is 19.1 Å². The minimum Gasteiger partial charge on any atom is -0.373 e. The standard InChI is InChI=1S/C14H20Cl2N2O/c1-8(2)7-17-14(19)10(4)18-13-6-11(15)9(3)5-12(13)16/h5-6,8,10,18H,7H2,1-4H3,(H,17,19). The highest BCUT2D eigenvalue weighted by Crippen LogP contribution is 2.29. The number of rotatable bonds is 5. The summed E-state index contributed by atoms with van der Waals surface area (Å²) in [6.45, 7) is 8.44. The van der Waals surface area contributed by atoms with Crippen molar-refractivity contribution in [1.29, 1.82) is 0 Å². The maximum absolute atomic E-state index is 11.9. The zero-order valence-electron chi connectivity index (χ0n) is 11.7. The molecule has 0 aromatic heterocycles. The third-order valence-corrected chi connectivity index (χ3v) is 3.42. The van der Waals surface area contributed by atoms with Gasteiger partial charge in [0.2, 0.25) is 5.91 Å². The highest BCUT2D eigenvalue weighted by Gasteiger charge is 2.14. The predicted molar refractivity (Wildman–Crippen MR) is 82.1 cm³/mol. The number of benzene rings is 1. The van der Waals surface area contributed by atoms with E-state index in [0.29, 0.717) is 28.2 Å². The van der Waals surface area contributed by atoms with Crippen molar-refractivity contribution in [2.45, 2.75) is 33.7 Å². The van der Waals surface area contributed by atoms with Crippen molar-refractivity contribution in [3.63, 3.8) is 0 Å². The molecule has 0 bridgehead atoms. The van der Waals surface area contributed by atoms with Crippen LogP contribution in [0.3, 0.4) is 0 Å². The molecule has 106 valence electrons. The molecule has 1 atom stereocenters. The van der Waals surface area contributed by atoms with Crippen LogP contribution in [0.1, 0.15) is 26.3 Å². The summed E-state index contributed by atoms with van der Waals surface area (Å²) in [5, 5.41) is 7.13. The van der Waals surface area contributed by atoms with Gasteiger partial charge in [-0.05, 0) is 37.5 Å². The van der Waals surface area contributed by atoms with Gasteiger partial charge in [0.25, 0.3) is 0 Å². The maximum atomic E-state index is 11.9. The van der Waals surface area contributed by atoms with E-state index < -0.39 is 0 Å². The molecule has 0 saturated carbocycles. The molecule has 0 heterocycles. The number of anilines is 1. The molecule has 1 amide bonds. The average molecular weight is 303 g/mol. The summed E-state index contributed by atoms with van der Waals surface area (Å²) in [6, 6.07) is 3.16. The molecule has 0 aliphatic heterocycles. The lowest BCUT2D eigenvalue weighted by atomic mass is 10.2. The van der Waals surface area contributed by atoms with Gasteiger partial charge in [-0.15, -0.1) is 0 Å². The van der Waals surface area contributed by atoms with Crippen LogP contribution < -0.4 is 10.6 Å². The first kappa shape index (κ1) is 16.1. The lowest BCUT2D eigenvalue weighted by Crippen LogP contribution is -2.39. The zero-order valence-corrected chi connectivity index (χ0v) is 13.2. The number of carbonyl (C=O) groups excluding carboxylic acids is 1. The third-order valence-electron chi connectivity index (χ3n) is 2.70. The van der Waals surface area contributed by atoms with Gasteiger partial charge in [-0.3, -0.25) is 4.79 Å². The molecule has 1 aromatic carbocycles. The van der Waals surface area contributed by atoms with E-state index >= 15 is 0 Å². The monoisotopic (exact) mass is 302 g/mol. The predicted octanol–water partition coefficient (Wildman–Crippen LogP) is 3.87. The first-order chi connectivity index (χ1) is 8.81. The van der Waals surface area contributed by atoms with Crippen molar-refractivity contribution >= 4 is 34.8 Å². The minimum atomic E-state index is -0.366. The lowest BCUT2D eigenvalue weighted by molar-refractivity contribution is -0.121. The molecule has 5 heteroatoms. The highest BCUT2D eigenvalue weighted by atomic mass is 35.5. The molecule has 0 aliphatic rings. The molecular formula is C14H20Cl2N2O. The van der Waals surface area contributed by atoms with E-state index in [0.717, 1.165) is 5.56 Å². The number of hydrogen-bond donors (Lipinski definition) is 2. The molecule has 3 nitrogen and oxygen atoms in total. The number of hydrogen-bond acceptors (Lipinski definition) is 2. The SMILES string of the molecule is Cc1cc(Cl)c(NC(C)C(=O)NCC(C)C)cc1Cl. The number of nitrogens with one attached hydrogen (secondary N) is 2. The van der Waals surface area contributed by atoms with Crippen LogP contribution in [0.5, 0.6) is 0 Å². The molecule has 1 aromatic rings. The Labute approximate surface area is 124 Å². The molecule has 0 radical (unpaired) electrons. The summed E-state index contributed by atoms with van der Waals surface area (Å²) in [4.78, 5) is 11.9. The van der Waals surface area contributed by atoms with Gasteiger partial charge in [0, 0.05) is 11.6 Å². The van der Waals surface area contributed by atoms with Crippen LogP contribution in [0.15, 0.2) is 12.1 Å². The van der Waals surface area contributed by atoms with Gasteiger partial charge in [0.15, 0.2) is 0 Å². The van der Waals surface area contributed by atoms with Crippen LogP contribution in [-0.2, 0) is 4.79 Å². The Morgan fingerprint density at radius 2 is 1.84 bits per heavy atom. The molecule has 2 N–H and O–H groups in total. The lowest BCUT2D eigenvalue weighted by Gasteiger charge is -2.17. The van der Waals surface area contributed by atoms with Crippen molar-refractivity contribution in [2.24, 2.45) is 5.92 Å². The van der Waals surface area contributed by atoms with Crippen LogP contribution >= 0.6 is 23.2 Å². The molecule has 19 heavy (non-hydrogen) atoms. The van der Waals surface area contributed by atoms with Gasteiger partial charge in [-0.2, -0.15) is 0 Å². The van der Waals surface area contributed by atoms with Crippen molar-refractivity contribution in [2.75, 3.05) is 11.9 Å². The largest absolute Gasteiger partial charge is 0.373 e. The van der Waals surface area contributed by atoms with E-state index in [1.807, 2.05) is 6.92 Å². The molecule has 0 fully saturated rings. The fourth-order valence-electron chi connectivity index (χ4n) is 1.51. The van der Waals surface area contributed by atoms with E-state index in [1.165, 1.54) is 0 Å². The summed E-state index contributed by atoms with van der Waals surface area (Å²) in [6.07, 6.45) is 0. The van der Waals surface area contributed by atoms with E-state index in [2.05, 4.69) is 24.5 Å². The first-order valence-electron chi connectivity index (χ1n) is 6.31. The molecule has 1 unspecified atom stereocenters. The van der Waals surface area contributed by atoms with Crippen LogP contribution in [0, 0.1) is 12.8 Å². The number of aryl methyl sites for hydroxylation is 1. The molecule has 0 aliphatic carbocycles. The fourth-order valence-corrected chi connectivity index (χ4v) is 1.95. The summed E-state index contributed by atoms with van der Waals surface area (Å²) < 4.78 is 0. The molecule has 0 spiro atoms. The number of carbonyl (C=O) groups is 1. The van der Waals surface area contributed by atoms with Gasteiger partial charge in [-0.1, -0.05) is 37.0 Å². The van der Waals surface area contributed by atoms with Crippen LogP contribution in [0.2, 0.25) is 10.0 Å². The van der Waals surface area contributed by atoms with Crippen molar-refractivity contribution in [3.05, 3.63) is 27.7 Å². The summed E-state index contributed by atoms with van der Waals surface area (Å²) in [5.41, 5.74) is 1.58. The zero-order chi connectivity index (χ0) is 14.6. The van der Waals surface area contributed by atoms with Crippen LogP contribution in [0.4, 0.5) is 5.69 Å². The second-order valence-corrected chi connectivity index (χ2v) is 5.90. The van der Waals surface area contributed by atoms with Crippen molar-refractivity contribution in [1.82, 2.24) is 5.32 Å². The third kappa shape index (κ3) is 4.92. The van der Waals surface area contributed by atoms with Gasteiger partial charge in [-0.25, -0.2) is 0 Å².